The Morgan fingerprint density at radius 2 is 0.618 bits per heavy atom. The lowest BCUT2D eigenvalue weighted by Crippen LogP contribution is -1.94. The second-order valence-corrected chi connectivity index (χ2v) is 19.0. The molecule has 12 aromatic carbocycles. The zero-order chi connectivity index (χ0) is 44.7. The third-order valence-corrected chi connectivity index (χ3v) is 15.4. The van der Waals surface area contributed by atoms with Gasteiger partial charge >= 0.3 is 0 Å². The molecule has 0 N–H and O–H groups in total. The fourth-order valence-corrected chi connectivity index (χ4v) is 12.3. The summed E-state index contributed by atoms with van der Waals surface area (Å²) in [5.41, 5.74) is 15.8. The van der Waals surface area contributed by atoms with Crippen molar-refractivity contribution in [2.24, 2.45) is 0 Å². The minimum absolute atomic E-state index is 1.14. The molecule has 14 aromatic rings. The number of para-hydroxylation sites is 1. The maximum absolute atomic E-state index is 2.44. The molecule has 68 heavy (non-hydrogen) atoms. The summed E-state index contributed by atoms with van der Waals surface area (Å²) in [7, 11) is 0. The number of fused-ring (bicyclic) bond motifs is 12. The summed E-state index contributed by atoms with van der Waals surface area (Å²) in [4.78, 5) is 0. The maximum atomic E-state index is 2.44. The van der Waals surface area contributed by atoms with E-state index in [4.69, 9.17) is 0 Å². The van der Waals surface area contributed by atoms with Gasteiger partial charge < -0.3 is 4.57 Å². The Morgan fingerprint density at radius 3 is 1.21 bits per heavy atom. The molecule has 0 radical (unpaired) electrons. The molecule has 2 heterocycles. The predicted molar refractivity (Wildman–Crippen MR) is 293 cm³/mol. The third-order valence-electron chi connectivity index (χ3n) is 14.2. The van der Waals surface area contributed by atoms with Crippen LogP contribution in [0.5, 0.6) is 0 Å². The molecule has 0 aliphatic rings. The fourth-order valence-electron chi connectivity index (χ4n) is 10.9. The Labute approximate surface area is 398 Å². The highest BCUT2D eigenvalue weighted by atomic mass is 32.1. The Bertz CT molecular complexity index is 4240. The van der Waals surface area contributed by atoms with Crippen molar-refractivity contribution >= 4 is 85.6 Å². The molecule has 1 nitrogen and oxygen atoms in total. The molecule has 0 aliphatic carbocycles. The summed E-state index contributed by atoms with van der Waals surface area (Å²) in [6, 6.07) is 91.9. The smallest absolute Gasteiger partial charge is 0.0541 e. The lowest BCUT2D eigenvalue weighted by atomic mass is 9.92. The Morgan fingerprint density at radius 1 is 0.221 bits per heavy atom. The molecule has 0 saturated heterocycles. The molecule has 0 atom stereocenters. The minimum Gasteiger partial charge on any atom is -0.309 e. The molecule has 0 spiro atoms. The number of hydrogen-bond acceptors (Lipinski definition) is 1. The maximum Gasteiger partial charge on any atom is 0.0541 e. The highest BCUT2D eigenvalue weighted by Gasteiger charge is 2.20. The van der Waals surface area contributed by atoms with Crippen LogP contribution in [0.25, 0.3) is 136 Å². The molecule has 14 rings (SSSR count). The summed E-state index contributed by atoms with van der Waals surface area (Å²) in [5.74, 6) is 0. The zero-order valence-corrected chi connectivity index (χ0v) is 37.8. The van der Waals surface area contributed by atoms with E-state index in [2.05, 4.69) is 253 Å². The molecule has 316 valence electrons. The molecule has 0 fully saturated rings. The van der Waals surface area contributed by atoms with Crippen LogP contribution in [0.15, 0.2) is 249 Å². The molecule has 0 aliphatic heterocycles. The molecule has 2 aromatic heterocycles. The Kier molecular flexibility index (Phi) is 8.83. The first-order valence-corrected chi connectivity index (χ1v) is 24.2. The minimum atomic E-state index is 1.14. The average molecular weight is 880 g/mol. The van der Waals surface area contributed by atoms with Crippen LogP contribution in [0.4, 0.5) is 0 Å². The van der Waals surface area contributed by atoms with Crippen LogP contribution in [0, 0.1) is 0 Å². The van der Waals surface area contributed by atoms with E-state index < -0.39 is 0 Å². The van der Waals surface area contributed by atoms with E-state index in [1.54, 1.807) is 0 Å². The molecular weight excluding hydrogens is 839 g/mol. The lowest BCUT2D eigenvalue weighted by Gasteiger charge is -2.13. The quantitative estimate of drug-likeness (QED) is 0.147. The number of nitrogens with zero attached hydrogens (tertiary/aromatic N) is 1. The lowest BCUT2D eigenvalue weighted by molar-refractivity contribution is 1.18. The molecule has 0 unspecified atom stereocenters. The highest BCUT2D eigenvalue weighted by molar-refractivity contribution is 7.27. The summed E-state index contributed by atoms with van der Waals surface area (Å²) in [6.07, 6.45) is 0. The zero-order valence-electron chi connectivity index (χ0n) is 37.0. The topological polar surface area (TPSA) is 4.93 Å². The van der Waals surface area contributed by atoms with Gasteiger partial charge in [0.25, 0.3) is 0 Å². The summed E-state index contributed by atoms with van der Waals surface area (Å²) >= 11 is 1.92. The van der Waals surface area contributed by atoms with Gasteiger partial charge in [0, 0.05) is 47.8 Å². The average Bonchev–Trinajstić information content (AvgIpc) is 3.96. The van der Waals surface area contributed by atoms with Gasteiger partial charge in [0.15, 0.2) is 0 Å². The van der Waals surface area contributed by atoms with Crippen LogP contribution >= 0.6 is 11.3 Å². The van der Waals surface area contributed by atoms with Gasteiger partial charge in [-0.1, -0.05) is 188 Å². The predicted octanol–water partition coefficient (Wildman–Crippen LogP) is 18.9. The molecule has 0 amide bonds. The van der Waals surface area contributed by atoms with Crippen LogP contribution in [0.3, 0.4) is 0 Å². The summed E-state index contributed by atoms with van der Waals surface area (Å²) in [6.45, 7) is 0. The van der Waals surface area contributed by atoms with Crippen molar-refractivity contribution in [1.82, 2.24) is 4.57 Å². The van der Waals surface area contributed by atoms with E-state index in [1.807, 2.05) is 11.3 Å². The Balaban J connectivity index is 0.932. The van der Waals surface area contributed by atoms with Gasteiger partial charge in [0.2, 0.25) is 0 Å². The van der Waals surface area contributed by atoms with Crippen LogP contribution in [-0.2, 0) is 0 Å². The third kappa shape index (κ3) is 6.15. The van der Waals surface area contributed by atoms with E-state index in [9.17, 15) is 0 Å². The second kappa shape index (κ2) is 15.5. The Hall–Kier alpha value is -8.56. The fraction of sp³-hybridized carbons (Fsp3) is 0. The van der Waals surface area contributed by atoms with Gasteiger partial charge in [0.1, 0.15) is 0 Å². The van der Waals surface area contributed by atoms with Gasteiger partial charge in [-0.3, -0.25) is 0 Å². The first-order chi connectivity index (χ1) is 33.7. The second-order valence-electron chi connectivity index (χ2n) is 18.0. The number of rotatable bonds is 6. The van der Waals surface area contributed by atoms with Crippen molar-refractivity contribution in [3.05, 3.63) is 249 Å². The van der Waals surface area contributed by atoms with Gasteiger partial charge in [0.05, 0.1) is 11.0 Å². The standard InChI is InChI=1S/C66H41NS/c1-4-16-42(17-5-1)48-38-57(45-20-8-3-9-21-45)65-61(40-48)62-41-49(43-18-6-2-7-19-43)39-58(66(62)68-65)47-31-35-64-60(37-47)56-26-14-15-27-63(56)67(64)50-32-28-44(29-33-50)46-30-34-55-53-24-11-10-22-51(53)52-23-12-13-25-54(52)59(55)36-46/h1-41H. The van der Waals surface area contributed by atoms with Crippen molar-refractivity contribution in [3.8, 4) is 61.3 Å². The van der Waals surface area contributed by atoms with Gasteiger partial charge in [-0.05, 0) is 137 Å². The van der Waals surface area contributed by atoms with Crippen LogP contribution in [-0.4, -0.2) is 4.57 Å². The summed E-state index contributed by atoms with van der Waals surface area (Å²) in [5, 5.41) is 12.8. The number of hydrogen-bond donors (Lipinski definition) is 0. The van der Waals surface area contributed by atoms with Crippen molar-refractivity contribution in [1.29, 1.82) is 0 Å². The molecule has 0 bridgehead atoms. The van der Waals surface area contributed by atoms with E-state index >= 15 is 0 Å². The normalized spacial score (nSPS) is 11.8. The van der Waals surface area contributed by atoms with Gasteiger partial charge in [-0.25, -0.2) is 0 Å². The SMILES string of the molecule is c1ccc(-c2cc(-c3ccccc3)c3sc4c(-c5ccc6c(c5)c5ccccc5n6-c5ccc(-c6ccc7c8ccccc8c8ccccc8c7c6)cc5)cc(-c5ccccc5)cc4c3c2)cc1. The van der Waals surface area contributed by atoms with Crippen molar-refractivity contribution in [2.45, 2.75) is 0 Å². The molecule has 2 heteroatoms. The summed E-state index contributed by atoms with van der Waals surface area (Å²) < 4.78 is 5.05. The largest absolute Gasteiger partial charge is 0.309 e. The van der Waals surface area contributed by atoms with Crippen molar-refractivity contribution in [3.63, 3.8) is 0 Å². The van der Waals surface area contributed by atoms with E-state index in [1.165, 1.54) is 130 Å². The van der Waals surface area contributed by atoms with E-state index in [0.29, 0.717) is 0 Å². The first-order valence-electron chi connectivity index (χ1n) is 23.4. The van der Waals surface area contributed by atoms with Crippen LogP contribution < -0.4 is 0 Å². The number of benzene rings is 12. The van der Waals surface area contributed by atoms with E-state index in [-0.39, 0.29) is 0 Å². The molecular formula is C66H41NS. The first kappa shape index (κ1) is 38.7. The number of aromatic nitrogens is 1. The highest BCUT2D eigenvalue weighted by Crippen LogP contribution is 2.48. The van der Waals surface area contributed by atoms with Crippen LogP contribution in [0.2, 0.25) is 0 Å². The van der Waals surface area contributed by atoms with Gasteiger partial charge in [-0.2, -0.15) is 0 Å². The van der Waals surface area contributed by atoms with E-state index in [0.717, 1.165) is 5.69 Å². The monoisotopic (exact) mass is 879 g/mol. The van der Waals surface area contributed by atoms with Crippen molar-refractivity contribution < 1.29 is 0 Å². The number of thiophene rings is 1. The molecule has 0 saturated carbocycles. The van der Waals surface area contributed by atoms with Crippen molar-refractivity contribution in [2.75, 3.05) is 0 Å². The van der Waals surface area contributed by atoms with Gasteiger partial charge in [-0.15, -0.1) is 11.3 Å². The van der Waals surface area contributed by atoms with Crippen LogP contribution in [0.1, 0.15) is 0 Å².